The lowest BCUT2D eigenvalue weighted by atomic mass is 10.2. The summed E-state index contributed by atoms with van der Waals surface area (Å²) in [6, 6.07) is 16.9. The molecule has 4 heterocycles. The van der Waals surface area contributed by atoms with Crippen LogP contribution < -0.4 is 30.1 Å². The van der Waals surface area contributed by atoms with Crippen LogP contribution in [0.4, 0.5) is 52.6 Å². The van der Waals surface area contributed by atoms with Crippen LogP contribution in [0.5, 0.6) is 0 Å². The minimum absolute atomic E-state index is 0.0344. The fourth-order valence-electron chi connectivity index (χ4n) is 5.67. The van der Waals surface area contributed by atoms with Gasteiger partial charge in [-0.15, -0.1) is 5.10 Å². The number of imide groups is 1. The van der Waals surface area contributed by atoms with Gasteiger partial charge in [0, 0.05) is 76.9 Å². The van der Waals surface area contributed by atoms with Gasteiger partial charge in [-0.25, -0.2) is 18.2 Å². The number of carbonyl (C=O) groups is 2. The number of sulfonamides is 1. The molecule has 0 aliphatic carbocycles. The number of halogens is 3. The van der Waals surface area contributed by atoms with Gasteiger partial charge < -0.3 is 15.5 Å². The Kier molecular flexibility index (Phi) is 10.4. The molecule has 2 aliphatic rings. The molecule has 6 rings (SSSR count). The number of benzene rings is 2. The zero-order valence-electron chi connectivity index (χ0n) is 28.3. The van der Waals surface area contributed by atoms with Crippen molar-refractivity contribution in [2.45, 2.75) is 25.7 Å². The molecule has 2 fully saturated rings. The smallest absolute Gasteiger partial charge is 0.369 e. The fraction of sp³-hybridized carbons (Fsp3) is 0.333. The molecule has 0 unspecified atom stereocenters. The highest BCUT2D eigenvalue weighted by Gasteiger charge is 2.35. The van der Waals surface area contributed by atoms with Crippen LogP contribution in [0.15, 0.2) is 66.9 Å². The maximum absolute atomic E-state index is 13.8. The summed E-state index contributed by atoms with van der Waals surface area (Å²) in [7, 11) is -2.13. The summed E-state index contributed by atoms with van der Waals surface area (Å²) in [6.07, 6.45) is -2.72. The van der Waals surface area contributed by atoms with Gasteiger partial charge >= 0.3 is 12.2 Å². The van der Waals surface area contributed by atoms with E-state index in [9.17, 15) is 31.2 Å². The lowest BCUT2D eigenvalue weighted by molar-refractivity contribution is -0.137. The Labute approximate surface area is 297 Å². The molecule has 2 saturated heterocycles. The number of nitrogens with one attached hydrogen (secondary N) is 3. The molecule has 274 valence electrons. The highest BCUT2D eigenvalue weighted by molar-refractivity contribution is 7.92. The monoisotopic (exact) mass is 739 g/mol. The van der Waals surface area contributed by atoms with Crippen LogP contribution in [-0.4, -0.2) is 91.4 Å². The zero-order valence-corrected chi connectivity index (χ0v) is 29.1. The van der Waals surface area contributed by atoms with E-state index in [1.54, 1.807) is 42.5 Å². The van der Waals surface area contributed by atoms with E-state index in [1.807, 2.05) is 18.2 Å². The summed E-state index contributed by atoms with van der Waals surface area (Å²) in [4.78, 5) is 37.4. The standard InChI is InChI=1S/C33H36F3N11O4S/c1-44(52(2,50)51)26-5-3-4-22(18-26)19-37-30-27(33(34,35)36)20-38-31(41-30)39-23-6-9-25(10-7-23)46-16-14-45(15-17-46)21-24-8-11-28(43-42-24)47-13-12-29(48)40-32(47)49/h3-11,18,20H,12-17,19,21H2,1-2H3,(H,40,48,49)(H2,37,38,39,41). The average Bonchev–Trinajstić information content (AvgIpc) is 3.11. The molecule has 3 N–H and O–H groups in total. The van der Waals surface area contributed by atoms with E-state index in [0.29, 0.717) is 29.3 Å². The van der Waals surface area contributed by atoms with E-state index in [-0.39, 0.29) is 31.4 Å². The number of carbonyl (C=O) groups excluding carboxylic acids is 2. The van der Waals surface area contributed by atoms with Crippen molar-refractivity contribution in [1.82, 2.24) is 30.4 Å². The molecule has 2 aromatic carbocycles. The van der Waals surface area contributed by atoms with Crippen LogP contribution >= 0.6 is 0 Å². The fourth-order valence-corrected chi connectivity index (χ4v) is 6.16. The predicted molar refractivity (Wildman–Crippen MR) is 189 cm³/mol. The number of alkyl halides is 3. The van der Waals surface area contributed by atoms with Crippen molar-refractivity contribution < 1.29 is 31.2 Å². The van der Waals surface area contributed by atoms with E-state index >= 15 is 0 Å². The lowest BCUT2D eigenvalue weighted by Crippen LogP contribution is -2.50. The molecule has 3 amide bonds. The molecule has 19 heteroatoms. The largest absolute Gasteiger partial charge is 0.421 e. The molecular formula is C33H36F3N11O4S. The first kappa shape index (κ1) is 36.2. The van der Waals surface area contributed by atoms with Gasteiger partial charge in [0.25, 0.3) is 0 Å². The number of rotatable bonds is 11. The summed E-state index contributed by atoms with van der Waals surface area (Å²) in [5.74, 6) is -0.380. The van der Waals surface area contributed by atoms with Gasteiger partial charge in [0.15, 0.2) is 5.82 Å². The first-order valence-corrected chi connectivity index (χ1v) is 18.1. The van der Waals surface area contributed by atoms with Gasteiger partial charge in [-0.05, 0) is 54.1 Å². The Morgan fingerprint density at radius 1 is 0.962 bits per heavy atom. The number of piperazine rings is 1. The van der Waals surface area contributed by atoms with Crippen molar-refractivity contribution in [1.29, 1.82) is 0 Å². The van der Waals surface area contributed by atoms with Crippen molar-refractivity contribution in [2.75, 3.05) is 70.8 Å². The van der Waals surface area contributed by atoms with Crippen LogP contribution in [0.2, 0.25) is 0 Å². The van der Waals surface area contributed by atoms with Gasteiger partial charge in [-0.3, -0.25) is 24.2 Å². The molecule has 0 radical (unpaired) electrons. The third-order valence-corrected chi connectivity index (χ3v) is 9.81. The summed E-state index contributed by atoms with van der Waals surface area (Å²) in [5.41, 5.74) is 2.21. The Balaban J connectivity index is 1.04. The highest BCUT2D eigenvalue weighted by atomic mass is 32.2. The van der Waals surface area contributed by atoms with Crippen LogP contribution in [-0.2, 0) is 34.1 Å². The Morgan fingerprint density at radius 2 is 1.71 bits per heavy atom. The Morgan fingerprint density at radius 3 is 2.37 bits per heavy atom. The number of hydrogen-bond acceptors (Lipinski definition) is 12. The summed E-state index contributed by atoms with van der Waals surface area (Å²) >= 11 is 0. The van der Waals surface area contributed by atoms with Gasteiger partial charge in [0.1, 0.15) is 11.4 Å². The van der Waals surface area contributed by atoms with Crippen molar-refractivity contribution in [2.24, 2.45) is 0 Å². The SMILES string of the molecule is CN(c1cccc(CNc2nc(Nc3ccc(N4CCN(Cc5ccc(N6CCC(=O)NC6=O)nn5)CC4)cc3)ncc2C(F)(F)F)c1)S(C)(=O)=O. The summed E-state index contributed by atoms with van der Waals surface area (Å²) < 4.78 is 66.5. The lowest BCUT2D eigenvalue weighted by Gasteiger charge is -2.36. The second-order valence-electron chi connectivity index (χ2n) is 12.3. The van der Waals surface area contributed by atoms with Crippen LogP contribution in [0, 0.1) is 0 Å². The molecule has 15 nitrogen and oxygen atoms in total. The van der Waals surface area contributed by atoms with E-state index in [4.69, 9.17) is 0 Å². The second kappa shape index (κ2) is 15.0. The maximum Gasteiger partial charge on any atom is 0.421 e. The van der Waals surface area contributed by atoms with Gasteiger partial charge in [0.2, 0.25) is 21.9 Å². The molecule has 52 heavy (non-hydrogen) atoms. The quantitative estimate of drug-likeness (QED) is 0.204. The maximum atomic E-state index is 13.8. The van der Waals surface area contributed by atoms with E-state index in [1.165, 1.54) is 11.9 Å². The van der Waals surface area contributed by atoms with Crippen molar-refractivity contribution in [3.8, 4) is 0 Å². The number of urea groups is 1. The second-order valence-corrected chi connectivity index (χ2v) is 14.3. The third-order valence-electron chi connectivity index (χ3n) is 8.61. The van der Waals surface area contributed by atoms with Gasteiger partial charge in [-0.2, -0.15) is 23.3 Å². The van der Waals surface area contributed by atoms with Gasteiger partial charge in [-0.1, -0.05) is 12.1 Å². The third kappa shape index (κ3) is 8.83. The molecule has 2 aliphatic heterocycles. The molecule has 0 bridgehead atoms. The zero-order chi connectivity index (χ0) is 37.0. The molecule has 4 aromatic rings. The van der Waals surface area contributed by atoms with Crippen LogP contribution in [0.25, 0.3) is 0 Å². The number of amides is 3. The highest BCUT2D eigenvalue weighted by Crippen LogP contribution is 2.34. The van der Waals surface area contributed by atoms with Gasteiger partial charge in [0.05, 0.1) is 17.6 Å². The number of aromatic nitrogens is 4. The normalized spacial score (nSPS) is 15.7. The molecule has 0 saturated carbocycles. The van der Waals surface area contributed by atoms with E-state index in [0.717, 1.165) is 54.3 Å². The van der Waals surface area contributed by atoms with Crippen LogP contribution in [0.3, 0.4) is 0 Å². The predicted octanol–water partition coefficient (Wildman–Crippen LogP) is 3.81. The first-order valence-electron chi connectivity index (χ1n) is 16.2. The van der Waals surface area contributed by atoms with Crippen molar-refractivity contribution in [3.05, 3.63) is 83.7 Å². The Hall–Kier alpha value is -5.56. The first-order chi connectivity index (χ1) is 24.7. The topological polar surface area (TPSA) is 169 Å². The molecule has 0 atom stereocenters. The molecular weight excluding hydrogens is 703 g/mol. The average molecular weight is 740 g/mol. The summed E-state index contributed by atoms with van der Waals surface area (Å²) in [5, 5.41) is 16.4. The summed E-state index contributed by atoms with van der Waals surface area (Å²) in [6.45, 7) is 3.85. The minimum atomic E-state index is -4.71. The number of nitrogens with zero attached hydrogens (tertiary/aromatic N) is 8. The molecule has 2 aromatic heterocycles. The van der Waals surface area contributed by atoms with Crippen molar-refractivity contribution in [3.63, 3.8) is 0 Å². The van der Waals surface area contributed by atoms with Crippen LogP contribution in [0.1, 0.15) is 23.2 Å². The number of hydrogen-bond donors (Lipinski definition) is 3. The molecule has 0 spiro atoms. The van der Waals surface area contributed by atoms with E-state index < -0.39 is 33.6 Å². The van der Waals surface area contributed by atoms with Crippen molar-refractivity contribution >= 4 is 56.6 Å². The number of anilines is 6. The van der Waals surface area contributed by atoms with E-state index in [2.05, 4.69) is 45.9 Å². The Bertz CT molecular complexity index is 2030. The minimum Gasteiger partial charge on any atom is -0.369 e.